The van der Waals surface area contributed by atoms with Gasteiger partial charge in [-0.05, 0) is 102 Å². The zero-order valence-corrected chi connectivity index (χ0v) is 17.6. The third kappa shape index (κ3) is 4.17. The Hall–Kier alpha value is -3.24. The summed E-state index contributed by atoms with van der Waals surface area (Å²) in [4.78, 5) is 2.40. The summed E-state index contributed by atoms with van der Waals surface area (Å²) >= 11 is 0. The molecular formula is C27H27NO3. The van der Waals surface area contributed by atoms with Crippen molar-refractivity contribution in [1.82, 2.24) is 4.90 Å². The summed E-state index contributed by atoms with van der Waals surface area (Å²) in [7, 11) is 0. The number of phenols is 2. The van der Waals surface area contributed by atoms with Crippen LogP contribution < -0.4 is 4.74 Å². The van der Waals surface area contributed by atoms with E-state index in [4.69, 9.17) is 4.74 Å². The fraction of sp³-hybridized carbons (Fsp3) is 0.259. The SMILES string of the molecule is Oc1ccc(C2=C(c3ccc(OCCN4CCC4)cc3)c3cc(O)ccc3CC2)cc1. The van der Waals surface area contributed by atoms with Crippen LogP contribution in [0.25, 0.3) is 11.1 Å². The molecule has 0 amide bonds. The third-order valence-corrected chi connectivity index (χ3v) is 6.29. The topological polar surface area (TPSA) is 52.9 Å². The van der Waals surface area contributed by atoms with E-state index in [2.05, 4.69) is 17.0 Å². The molecule has 2 N–H and O–H groups in total. The van der Waals surface area contributed by atoms with Crippen LogP contribution in [0.15, 0.2) is 66.7 Å². The predicted molar refractivity (Wildman–Crippen MR) is 123 cm³/mol. The van der Waals surface area contributed by atoms with Gasteiger partial charge < -0.3 is 14.9 Å². The minimum atomic E-state index is 0.263. The van der Waals surface area contributed by atoms with Gasteiger partial charge in [0.2, 0.25) is 0 Å². The number of phenolic OH excluding ortho intramolecular Hbond substituents is 2. The summed E-state index contributed by atoms with van der Waals surface area (Å²) in [5.74, 6) is 1.41. The first kappa shape index (κ1) is 19.7. The Labute approximate surface area is 183 Å². The quantitative estimate of drug-likeness (QED) is 0.591. The van der Waals surface area contributed by atoms with E-state index in [0.29, 0.717) is 6.61 Å². The first-order valence-corrected chi connectivity index (χ1v) is 11.0. The van der Waals surface area contributed by atoms with Crippen LogP contribution in [0.1, 0.15) is 35.1 Å². The van der Waals surface area contributed by atoms with Crippen molar-refractivity contribution >= 4 is 11.1 Å². The number of nitrogens with zero attached hydrogens (tertiary/aromatic N) is 1. The molecule has 1 fully saturated rings. The average Bonchev–Trinajstić information content (AvgIpc) is 2.76. The number of allylic oxidation sites excluding steroid dienone is 1. The molecule has 1 aliphatic heterocycles. The number of benzene rings is 3. The second-order valence-corrected chi connectivity index (χ2v) is 8.31. The lowest BCUT2D eigenvalue weighted by Gasteiger charge is -2.30. The van der Waals surface area contributed by atoms with Gasteiger partial charge in [0.05, 0.1) is 0 Å². The van der Waals surface area contributed by atoms with Gasteiger partial charge in [-0.25, -0.2) is 0 Å². The summed E-state index contributed by atoms with van der Waals surface area (Å²) in [5, 5.41) is 19.9. The van der Waals surface area contributed by atoms with Crippen molar-refractivity contribution in [3.8, 4) is 17.2 Å². The molecule has 0 atom stereocenters. The third-order valence-electron chi connectivity index (χ3n) is 6.29. The molecule has 158 valence electrons. The molecule has 1 aliphatic carbocycles. The molecule has 31 heavy (non-hydrogen) atoms. The van der Waals surface area contributed by atoms with E-state index in [1.54, 1.807) is 18.2 Å². The van der Waals surface area contributed by atoms with Gasteiger partial charge in [-0.1, -0.05) is 30.3 Å². The standard InChI is InChI=1S/C27H27NO3/c29-22-8-2-19(3-9-22)25-13-7-20-4-10-23(30)18-26(20)27(25)21-5-11-24(12-6-21)31-17-16-28-14-1-15-28/h2-6,8-12,18,29-30H,1,7,13-17H2. The monoisotopic (exact) mass is 413 g/mol. The van der Waals surface area contributed by atoms with E-state index >= 15 is 0 Å². The Morgan fingerprint density at radius 3 is 2.19 bits per heavy atom. The van der Waals surface area contributed by atoms with Crippen molar-refractivity contribution in [2.75, 3.05) is 26.2 Å². The fourth-order valence-electron chi connectivity index (χ4n) is 4.46. The molecule has 1 saturated heterocycles. The van der Waals surface area contributed by atoms with Gasteiger partial charge in [-0.15, -0.1) is 0 Å². The highest BCUT2D eigenvalue weighted by Gasteiger charge is 2.22. The van der Waals surface area contributed by atoms with E-state index < -0.39 is 0 Å². The highest BCUT2D eigenvalue weighted by molar-refractivity contribution is 6.01. The normalized spacial score (nSPS) is 16.0. The minimum absolute atomic E-state index is 0.263. The number of fused-ring (bicyclic) bond motifs is 1. The zero-order valence-electron chi connectivity index (χ0n) is 17.6. The lowest BCUT2D eigenvalue weighted by Crippen LogP contribution is -2.39. The van der Waals surface area contributed by atoms with Crippen LogP contribution in [-0.2, 0) is 6.42 Å². The van der Waals surface area contributed by atoms with Gasteiger partial charge in [0, 0.05) is 6.54 Å². The van der Waals surface area contributed by atoms with Gasteiger partial charge in [0.1, 0.15) is 23.9 Å². The van der Waals surface area contributed by atoms with Crippen molar-refractivity contribution in [1.29, 1.82) is 0 Å². The van der Waals surface area contributed by atoms with Gasteiger partial charge in [-0.2, -0.15) is 0 Å². The number of likely N-dealkylation sites (tertiary alicyclic amines) is 1. The summed E-state index contributed by atoms with van der Waals surface area (Å²) in [5.41, 5.74) is 6.87. The van der Waals surface area contributed by atoms with E-state index in [-0.39, 0.29) is 11.5 Å². The van der Waals surface area contributed by atoms with Gasteiger partial charge in [-0.3, -0.25) is 4.90 Å². The number of aromatic hydroxyl groups is 2. The molecule has 0 bridgehead atoms. The number of ether oxygens (including phenoxy) is 1. The second kappa shape index (κ2) is 8.48. The van der Waals surface area contributed by atoms with Crippen LogP contribution in [0.5, 0.6) is 17.2 Å². The Morgan fingerprint density at radius 2 is 1.48 bits per heavy atom. The van der Waals surface area contributed by atoms with E-state index in [1.165, 1.54) is 30.6 Å². The molecule has 0 aromatic heterocycles. The lowest BCUT2D eigenvalue weighted by atomic mass is 9.79. The zero-order chi connectivity index (χ0) is 21.2. The van der Waals surface area contributed by atoms with Crippen LogP contribution in [0.3, 0.4) is 0 Å². The van der Waals surface area contributed by atoms with Crippen molar-refractivity contribution in [3.63, 3.8) is 0 Å². The first-order chi connectivity index (χ1) is 15.2. The second-order valence-electron chi connectivity index (χ2n) is 8.31. The van der Waals surface area contributed by atoms with Crippen molar-refractivity contribution < 1.29 is 14.9 Å². The number of aryl methyl sites for hydroxylation is 1. The van der Waals surface area contributed by atoms with E-state index in [9.17, 15) is 10.2 Å². The van der Waals surface area contributed by atoms with Crippen LogP contribution in [0.2, 0.25) is 0 Å². The number of rotatable bonds is 6. The molecule has 4 heteroatoms. The summed E-state index contributed by atoms with van der Waals surface area (Å²) in [6.07, 6.45) is 3.13. The molecule has 4 nitrogen and oxygen atoms in total. The van der Waals surface area contributed by atoms with E-state index in [1.807, 2.05) is 36.4 Å². The molecular weight excluding hydrogens is 386 g/mol. The average molecular weight is 414 g/mol. The molecule has 5 rings (SSSR count). The Kier molecular flexibility index (Phi) is 5.39. The van der Waals surface area contributed by atoms with Crippen molar-refractivity contribution in [2.45, 2.75) is 19.3 Å². The lowest BCUT2D eigenvalue weighted by molar-refractivity contribution is 0.147. The number of hydrogen-bond donors (Lipinski definition) is 2. The van der Waals surface area contributed by atoms with Gasteiger partial charge >= 0.3 is 0 Å². The van der Waals surface area contributed by atoms with Crippen molar-refractivity contribution in [2.24, 2.45) is 0 Å². The van der Waals surface area contributed by atoms with E-state index in [0.717, 1.165) is 47.4 Å². The summed E-state index contributed by atoms with van der Waals surface area (Å²) in [6.45, 7) is 4.05. The fourth-order valence-corrected chi connectivity index (χ4v) is 4.46. The predicted octanol–water partition coefficient (Wildman–Crippen LogP) is 5.09. The maximum Gasteiger partial charge on any atom is 0.119 e. The van der Waals surface area contributed by atoms with Gasteiger partial charge in [0.15, 0.2) is 0 Å². The molecule has 0 radical (unpaired) electrons. The molecule has 2 aliphatic rings. The summed E-state index contributed by atoms with van der Waals surface area (Å²) in [6, 6.07) is 21.3. The molecule has 1 heterocycles. The molecule has 0 unspecified atom stereocenters. The van der Waals surface area contributed by atoms with Crippen LogP contribution in [-0.4, -0.2) is 41.4 Å². The maximum absolute atomic E-state index is 10.2. The Bertz CT molecular complexity index is 1100. The Morgan fingerprint density at radius 1 is 0.774 bits per heavy atom. The minimum Gasteiger partial charge on any atom is -0.508 e. The van der Waals surface area contributed by atoms with Gasteiger partial charge in [0.25, 0.3) is 0 Å². The van der Waals surface area contributed by atoms with Crippen LogP contribution >= 0.6 is 0 Å². The van der Waals surface area contributed by atoms with Crippen molar-refractivity contribution in [3.05, 3.63) is 89.0 Å². The first-order valence-electron chi connectivity index (χ1n) is 11.0. The van der Waals surface area contributed by atoms with Crippen LogP contribution in [0.4, 0.5) is 0 Å². The van der Waals surface area contributed by atoms with Crippen LogP contribution in [0, 0.1) is 0 Å². The molecule has 0 saturated carbocycles. The highest BCUT2D eigenvalue weighted by atomic mass is 16.5. The number of hydrogen-bond acceptors (Lipinski definition) is 4. The molecule has 3 aromatic rings. The smallest absolute Gasteiger partial charge is 0.119 e. The maximum atomic E-state index is 10.2. The summed E-state index contributed by atoms with van der Waals surface area (Å²) < 4.78 is 5.94. The Balaban J connectivity index is 1.49. The molecule has 0 spiro atoms. The molecule has 3 aromatic carbocycles. The largest absolute Gasteiger partial charge is 0.508 e. The highest BCUT2D eigenvalue weighted by Crippen LogP contribution is 2.42.